The summed E-state index contributed by atoms with van der Waals surface area (Å²) in [6.45, 7) is -1.98. The molecule has 2 aromatic rings. The fourth-order valence-electron chi connectivity index (χ4n) is 2.07. The van der Waals surface area contributed by atoms with Crippen LogP contribution in [0.5, 0.6) is 5.75 Å². The van der Waals surface area contributed by atoms with Gasteiger partial charge in [0.1, 0.15) is 5.75 Å². The fraction of sp³-hybridized carbons (Fsp3) is 0.286. The van der Waals surface area contributed by atoms with Gasteiger partial charge in [-0.1, -0.05) is 49.7 Å². The third kappa shape index (κ3) is 3.73. The molecule has 0 fully saturated rings. The molecule has 1 N–H and O–H groups in total. The smallest absolute Gasteiger partial charge is 0.413 e. The molecule has 0 heterocycles. The Bertz CT molecular complexity index is 621. The average molecular weight is 299 g/mol. The van der Waals surface area contributed by atoms with Gasteiger partial charge in [0.05, 0.1) is 0 Å². The number of aryl methyl sites for hydroxylation is 1. The summed E-state index contributed by atoms with van der Waals surface area (Å²) >= 11 is 5.36. The van der Waals surface area contributed by atoms with E-state index in [0.717, 1.165) is 35.6 Å². The first kappa shape index (κ1) is 14.4. The Morgan fingerprint density at radius 3 is 2.68 bits per heavy atom. The van der Waals surface area contributed by atoms with E-state index in [9.17, 15) is 9.46 Å². The Hall–Kier alpha value is -1.02. The maximum atomic E-state index is 11.4. The number of hydrogen-bond acceptors (Lipinski definition) is 2. The van der Waals surface area contributed by atoms with Gasteiger partial charge in [-0.05, 0) is 23.8 Å². The Balaban J connectivity index is 2.54. The lowest BCUT2D eigenvalue weighted by Gasteiger charge is -2.14. The average Bonchev–Trinajstić information content (AvgIpc) is 2.36. The van der Waals surface area contributed by atoms with Crippen molar-refractivity contribution in [3.05, 3.63) is 42.0 Å². The van der Waals surface area contributed by atoms with E-state index in [2.05, 4.69) is 6.92 Å². The molecule has 0 spiro atoms. The molecule has 5 heteroatoms. The number of halogens is 1. The number of hydrogen-bond donors (Lipinski definition) is 1. The summed E-state index contributed by atoms with van der Waals surface area (Å²) in [4.78, 5) is 9.28. The van der Waals surface area contributed by atoms with E-state index >= 15 is 0 Å². The standard InChI is InChI=1S/C14H16ClO3P/c1-2-3-6-12-10-9-11-7-4-5-8-13(11)14(12)18-19(15,16)17/h4-5,7-10H,2-3,6H2,1H3,(H,16,17). The molecule has 102 valence electrons. The van der Waals surface area contributed by atoms with Gasteiger partial charge in [0.15, 0.2) is 0 Å². The number of fused-ring (bicyclic) bond motifs is 1. The maximum absolute atomic E-state index is 11.4. The van der Waals surface area contributed by atoms with Crippen molar-refractivity contribution in [2.45, 2.75) is 26.2 Å². The molecule has 0 aliphatic carbocycles. The summed E-state index contributed by atoms with van der Waals surface area (Å²) in [5.74, 6) is 0.424. The first-order valence-electron chi connectivity index (χ1n) is 6.24. The summed E-state index contributed by atoms with van der Waals surface area (Å²) in [6.07, 6.45) is 2.84. The first-order chi connectivity index (χ1) is 9.01. The molecule has 2 aromatic carbocycles. The fourth-order valence-corrected chi connectivity index (χ4v) is 2.72. The van der Waals surface area contributed by atoms with Crippen LogP contribution in [0.2, 0.25) is 0 Å². The van der Waals surface area contributed by atoms with E-state index in [1.54, 1.807) is 0 Å². The molecule has 0 radical (unpaired) electrons. The van der Waals surface area contributed by atoms with E-state index in [1.165, 1.54) is 0 Å². The van der Waals surface area contributed by atoms with E-state index in [1.807, 2.05) is 36.4 Å². The molecule has 0 amide bonds. The molecule has 19 heavy (non-hydrogen) atoms. The van der Waals surface area contributed by atoms with Crippen molar-refractivity contribution in [3.8, 4) is 5.75 Å². The molecule has 0 aliphatic heterocycles. The summed E-state index contributed by atoms with van der Waals surface area (Å²) in [6, 6.07) is 11.5. The molecule has 1 atom stereocenters. The summed E-state index contributed by atoms with van der Waals surface area (Å²) in [5, 5.41) is 1.77. The van der Waals surface area contributed by atoms with Crippen LogP contribution in [-0.4, -0.2) is 4.89 Å². The van der Waals surface area contributed by atoms with Crippen LogP contribution in [0, 0.1) is 0 Å². The Morgan fingerprint density at radius 2 is 2.00 bits per heavy atom. The molecule has 1 unspecified atom stereocenters. The normalized spacial score (nSPS) is 14.3. The zero-order valence-electron chi connectivity index (χ0n) is 10.7. The lowest BCUT2D eigenvalue weighted by Crippen LogP contribution is -1.94. The van der Waals surface area contributed by atoms with Crippen LogP contribution in [0.1, 0.15) is 25.3 Å². The highest BCUT2D eigenvalue weighted by Crippen LogP contribution is 2.50. The van der Waals surface area contributed by atoms with Crippen molar-refractivity contribution >= 4 is 29.0 Å². The molecular formula is C14H16ClO3P. The van der Waals surface area contributed by atoms with Gasteiger partial charge in [-0.15, -0.1) is 0 Å². The molecule has 0 aromatic heterocycles. The van der Waals surface area contributed by atoms with E-state index < -0.39 is 6.95 Å². The third-order valence-corrected chi connectivity index (χ3v) is 3.58. The van der Waals surface area contributed by atoms with E-state index in [4.69, 9.17) is 15.8 Å². The molecule has 0 saturated carbocycles. The second-order valence-corrected chi connectivity index (χ2v) is 6.79. The van der Waals surface area contributed by atoms with Crippen molar-refractivity contribution in [2.24, 2.45) is 0 Å². The number of rotatable bonds is 5. The van der Waals surface area contributed by atoms with E-state index in [0.29, 0.717) is 5.75 Å². The van der Waals surface area contributed by atoms with Gasteiger partial charge in [-0.25, -0.2) is 4.57 Å². The van der Waals surface area contributed by atoms with Crippen LogP contribution >= 0.6 is 18.2 Å². The van der Waals surface area contributed by atoms with Crippen LogP contribution < -0.4 is 4.52 Å². The minimum absolute atomic E-state index is 0.424. The predicted octanol–water partition coefficient (Wildman–Crippen LogP) is 4.90. The van der Waals surface area contributed by atoms with Crippen molar-refractivity contribution in [2.75, 3.05) is 0 Å². The molecule has 0 bridgehead atoms. The molecule has 0 aliphatic rings. The van der Waals surface area contributed by atoms with Gasteiger partial charge in [0, 0.05) is 16.6 Å². The van der Waals surface area contributed by atoms with Crippen molar-refractivity contribution < 1.29 is 14.0 Å². The highest BCUT2D eigenvalue weighted by molar-refractivity contribution is 7.80. The molecular weight excluding hydrogens is 283 g/mol. The number of benzene rings is 2. The molecule has 0 saturated heterocycles. The number of unbranched alkanes of at least 4 members (excludes halogenated alkanes) is 1. The molecule has 2 rings (SSSR count). The maximum Gasteiger partial charge on any atom is 0.474 e. The highest BCUT2D eigenvalue weighted by Gasteiger charge is 2.20. The lowest BCUT2D eigenvalue weighted by molar-refractivity contribution is 0.400. The van der Waals surface area contributed by atoms with Crippen molar-refractivity contribution in [3.63, 3.8) is 0 Å². The van der Waals surface area contributed by atoms with Gasteiger partial charge >= 0.3 is 6.95 Å². The lowest BCUT2D eigenvalue weighted by atomic mass is 10.0. The van der Waals surface area contributed by atoms with Crippen molar-refractivity contribution in [1.29, 1.82) is 0 Å². The molecule has 3 nitrogen and oxygen atoms in total. The van der Waals surface area contributed by atoms with Crippen LogP contribution in [0.4, 0.5) is 0 Å². The summed E-state index contributed by atoms with van der Waals surface area (Å²) in [7, 11) is 0. The van der Waals surface area contributed by atoms with Crippen molar-refractivity contribution in [1.82, 2.24) is 0 Å². The van der Waals surface area contributed by atoms with Gasteiger partial charge in [-0.3, -0.25) is 0 Å². The first-order valence-corrected chi connectivity index (χ1v) is 8.72. The van der Waals surface area contributed by atoms with E-state index in [-0.39, 0.29) is 0 Å². The quantitative estimate of drug-likeness (QED) is 0.799. The summed E-state index contributed by atoms with van der Waals surface area (Å²) in [5.41, 5.74) is 0.912. The van der Waals surface area contributed by atoms with Gasteiger partial charge < -0.3 is 9.42 Å². The monoisotopic (exact) mass is 298 g/mol. The Labute approximate surface area is 117 Å². The predicted molar refractivity (Wildman–Crippen MR) is 78.9 cm³/mol. The second kappa shape index (κ2) is 5.96. The zero-order valence-corrected chi connectivity index (χ0v) is 12.3. The Morgan fingerprint density at radius 1 is 1.26 bits per heavy atom. The highest BCUT2D eigenvalue weighted by atomic mass is 35.7. The Kier molecular flexibility index (Phi) is 4.51. The minimum Gasteiger partial charge on any atom is -0.413 e. The topological polar surface area (TPSA) is 46.5 Å². The van der Waals surface area contributed by atoms with Gasteiger partial charge in [0.25, 0.3) is 0 Å². The SMILES string of the molecule is CCCCc1ccc2ccccc2c1OP(=O)(O)Cl. The van der Waals surface area contributed by atoms with Crippen LogP contribution in [0.3, 0.4) is 0 Å². The minimum atomic E-state index is -4.08. The van der Waals surface area contributed by atoms with Gasteiger partial charge in [0.2, 0.25) is 0 Å². The second-order valence-electron chi connectivity index (χ2n) is 4.42. The largest absolute Gasteiger partial charge is 0.474 e. The summed E-state index contributed by atoms with van der Waals surface area (Å²) < 4.78 is 16.5. The van der Waals surface area contributed by atoms with Gasteiger partial charge in [-0.2, -0.15) is 0 Å². The third-order valence-electron chi connectivity index (χ3n) is 2.96. The zero-order chi connectivity index (χ0) is 13.9. The van der Waals surface area contributed by atoms with Crippen LogP contribution in [-0.2, 0) is 11.0 Å². The van der Waals surface area contributed by atoms with Crippen LogP contribution in [0.25, 0.3) is 10.8 Å². The van der Waals surface area contributed by atoms with Crippen LogP contribution in [0.15, 0.2) is 36.4 Å².